The molecule has 2 atom stereocenters. The Balaban J connectivity index is 1.36. The first-order valence-corrected chi connectivity index (χ1v) is 14.2. The molecule has 7 heteroatoms. The first kappa shape index (κ1) is 28.7. The normalized spacial score (nSPS) is 13.6. The van der Waals surface area contributed by atoms with Gasteiger partial charge in [0.25, 0.3) is 5.91 Å². The van der Waals surface area contributed by atoms with E-state index in [2.05, 4.69) is 24.0 Å². The molecule has 1 N–H and O–H groups in total. The first-order valence-electron chi connectivity index (χ1n) is 14.2. The van der Waals surface area contributed by atoms with Crippen LogP contribution >= 0.6 is 0 Å². The topological polar surface area (TPSA) is 88.6 Å². The third-order valence-corrected chi connectivity index (χ3v) is 7.70. The van der Waals surface area contributed by atoms with Crippen LogP contribution in [0.15, 0.2) is 97.6 Å². The lowest BCUT2D eigenvalue weighted by Gasteiger charge is -2.34. The van der Waals surface area contributed by atoms with Gasteiger partial charge in [0.15, 0.2) is 5.78 Å². The van der Waals surface area contributed by atoms with Gasteiger partial charge in [0, 0.05) is 17.7 Å². The number of ketones is 1. The highest BCUT2D eigenvalue weighted by Gasteiger charge is 2.37. The Morgan fingerprint density at radius 2 is 1.52 bits per heavy atom. The Bertz CT molecular complexity index is 1600. The molecule has 0 radical (unpaired) electrons. The number of carbonyl (C=O) groups is 3. The van der Waals surface area contributed by atoms with Crippen LogP contribution in [0, 0.1) is 5.92 Å². The number of nitrogens with one attached hydrogen (secondary N) is 1. The van der Waals surface area contributed by atoms with Gasteiger partial charge in [0.2, 0.25) is 0 Å². The van der Waals surface area contributed by atoms with E-state index in [1.807, 2.05) is 80.6 Å². The van der Waals surface area contributed by atoms with Crippen LogP contribution in [0.4, 0.5) is 10.6 Å². The summed E-state index contributed by atoms with van der Waals surface area (Å²) in [5.74, 6) is -0.583. The van der Waals surface area contributed by atoms with Crippen molar-refractivity contribution in [3.8, 4) is 11.1 Å². The molecule has 0 aliphatic heterocycles. The summed E-state index contributed by atoms with van der Waals surface area (Å²) in [6.07, 6.45) is 0.934. The fourth-order valence-corrected chi connectivity index (χ4v) is 5.75. The SMILES string of the molecule is C=CCC(=O)[C@H](C(C)C)N(C(=O)[C@H](C)NC(=O)OCC1c2ccccc2-c2ccccc21)c1ccc2ccccc2n1. The van der Waals surface area contributed by atoms with Crippen molar-refractivity contribution in [2.24, 2.45) is 5.92 Å². The molecule has 0 bridgehead atoms. The standard InChI is InChI=1S/C35H35N3O4/c1-5-12-31(39)33(22(2)3)38(32-20-19-24-13-6-11-18-30(24)37-32)34(40)23(4)36-35(41)42-21-29-27-16-9-7-14-25(27)26-15-8-10-17-28(26)29/h5-11,13-20,22-23,29,33H,1,12,21H2,2-4H3,(H,36,41)/t23-,33-/m0/s1. The predicted octanol–water partition coefficient (Wildman–Crippen LogP) is 6.66. The summed E-state index contributed by atoms with van der Waals surface area (Å²) in [6, 6.07) is 25.6. The fourth-order valence-electron chi connectivity index (χ4n) is 5.75. The van der Waals surface area contributed by atoms with Gasteiger partial charge in [-0.2, -0.15) is 0 Å². The van der Waals surface area contributed by atoms with Gasteiger partial charge in [-0.1, -0.05) is 86.7 Å². The number of fused-ring (bicyclic) bond motifs is 4. The Morgan fingerprint density at radius 1 is 0.905 bits per heavy atom. The average molecular weight is 562 g/mol. The van der Waals surface area contributed by atoms with E-state index in [0.717, 1.165) is 27.6 Å². The highest BCUT2D eigenvalue weighted by Crippen LogP contribution is 2.44. The molecule has 0 saturated carbocycles. The number of allylic oxidation sites excluding steroid dienone is 1. The van der Waals surface area contributed by atoms with Crippen LogP contribution in [0.1, 0.15) is 44.2 Å². The lowest BCUT2D eigenvalue weighted by atomic mass is 9.95. The highest BCUT2D eigenvalue weighted by molar-refractivity contribution is 6.04. The van der Waals surface area contributed by atoms with Crippen molar-refractivity contribution < 1.29 is 19.1 Å². The molecule has 0 fully saturated rings. The van der Waals surface area contributed by atoms with Gasteiger partial charge in [-0.05, 0) is 53.3 Å². The van der Waals surface area contributed by atoms with Crippen molar-refractivity contribution in [3.05, 3.63) is 109 Å². The summed E-state index contributed by atoms with van der Waals surface area (Å²) >= 11 is 0. The predicted molar refractivity (Wildman–Crippen MR) is 165 cm³/mol. The molecule has 7 nitrogen and oxygen atoms in total. The molecule has 0 spiro atoms. The average Bonchev–Trinajstić information content (AvgIpc) is 3.31. The number of hydrogen-bond acceptors (Lipinski definition) is 5. The zero-order chi connectivity index (χ0) is 29.8. The van der Waals surface area contributed by atoms with E-state index >= 15 is 0 Å². The van der Waals surface area contributed by atoms with Gasteiger partial charge in [-0.3, -0.25) is 14.5 Å². The van der Waals surface area contributed by atoms with E-state index < -0.39 is 24.1 Å². The summed E-state index contributed by atoms with van der Waals surface area (Å²) in [6.45, 7) is 9.19. The summed E-state index contributed by atoms with van der Waals surface area (Å²) in [5, 5.41) is 3.61. The minimum absolute atomic E-state index is 0.102. The summed E-state index contributed by atoms with van der Waals surface area (Å²) in [7, 11) is 0. The third-order valence-electron chi connectivity index (χ3n) is 7.70. The summed E-state index contributed by atoms with van der Waals surface area (Å²) in [4.78, 5) is 46.4. The number of carbonyl (C=O) groups excluding carboxylic acids is 3. The maximum atomic E-state index is 14.0. The molecule has 1 aliphatic rings. The minimum atomic E-state index is -0.980. The molecule has 42 heavy (non-hydrogen) atoms. The number of pyridine rings is 1. The highest BCUT2D eigenvalue weighted by atomic mass is 16.5. The Labute approximate surface area is 246 Å². The molecule has 0 saturated heterocycles. The number of rotatable bonds is 10. The molecule has 5 rings (SSSR count). The van der Waals surface area contributed by atoms with E-state index in [1.165, 1.54) is 11.0 Å². The number of Topliss-reactive ketones (excluding diaryl/α,β-unsaturated/α-hetero) is 1. The molecule has 4 aromatic rings. The van der Waals surface area contributed by atoms with Gasteiger partial charge >= 0.3 is 6.09 Å². The second-order valence-corrected chi connectivity index (χ2v) is 10.9. The van der Waals surface area contributed by atoms with E-state index in [-0.39, 0.29) is 30.6 Å². The van der Waals surface area contributed by atoms with Crippen LogP contribution < -0.4 is 10.2 Å². The molecule has 1 heterocycles. The number of amides is 2. The van der Waals surface area contributed by atoms with Gasteiger partial charge in [0.05, 0.1) is 11.6 Å². The number of aromatic nitrogens is 1. The summed E-state index contributed by atoms with van der Waals surface area (Å²) in [5.41, 5.74) is 5.17. The van der Waals surface area contributed by atoms with Gasteiger partial charge in [0.1, 0.15) is 18.5 Å². The lowest BCUT2D eigenvalue weighted by molar-refractivity contribution is -0.126. The number of anilines is 1. The van der Waals surface area contributed by atoms with Crippen LogP contribution in [-0.2, 0) is 14.3 Å². The molecule has 1 aromatic heterocycles. The quantitative estimate of drug-likeness (QED) is 0.219. The molecule has 214 valence electrons. The molecule has 1 aliphatic carbocycles. The van der Waals surface area contributed by atoms with Crippen molar-refractivity contribution in [2.75, 3.05) is 11.5 Å². The van der Waals surface area contributed by atoms with Crippen LogP contribution in [-0.4, -0.2) is 41.5 Å². The Morgan fingerprint density at radius 3 is 2.17 bits per heavy atom. The van der Waals surface area contributed by atoms with Gasteiger partial charge in [-0.15, -0.1) is 6.58 Å². The van der Waals surface area contributed by atoms with Crippen LogP contribution in [0.2, 0.25) is 0 Å². The van der Waals surface area contributed by atoms with Gasteiger partial charge < -0.3 is 10.1 Å². The number of benzene rings is 3. The Kier molecular flexibility index (Phi) is 8.48. The number of nitrogens with zero attached hydrogens (tertiary/aromatic N) is 2. The molecule has 2 amide bonds. The zero-order valence-electron chi connectivity index (χ0n) is 24.1. The van der Waals surface area contributed by atoms with Crippen molar-refractivity contribution in [1.29, 1.82) is 0 Å². The second kappa shape index (κ2) is 12.4. The van der Waals surface area contributed by atoms with Crippen LogP contribution in [0.3, 0.4) is 0 Å². The van der Waals surface area contributed by atoms with Crippen molar-refractivity contribution in [3.63, 3.8) is 0 Å². The van der Waals surface area contributed by atoms with E-state index in [9.17, 15) is 14.4 Å². The van der Waals surface area contributed by atoms with Crippen molar-refractivity contribution in [2.45, 2.75) is 45.2 Å². The fraction of sp³-hybridized carbons (Fsp3) is 0.257. The number of hydrogen-bond donors (Lipinski definition) is 1. The monoisotopic (exact) mass is 561 g/mol. The molecule has 3 aromatic carbocycles. The zero-order valence-corrected chi connectivity index (χ0v) is 24.1. The van der Waals surface area contributed by atoms with E-state index in [0.29, 0.717) is 11.3 Å². The van der Waals surface area contributed by atoms with Crippen LogP contribution in [0.5, 0.6) is 0 Å². The van der Waals surface area contributed by atoms with Crippen molar-refractivity contribution >= 4 is 34.5 Å². The summed E-state index contributed by atoms with van der Waals surface area (Å²) < 4.78 is 5.68. The third kappa shape index (κ3) is 5.68. The number of ether oxygens (including phenoxy) is 1. The number of para-hydroxylation sites is 1. The van der Waals surface area contributed by atoms with E-state index in [4.69, 9.17) is 9.72 Å². The number of alkyl carbamates (subject to hydrolysis) is 1. The molecular weight excluding hydrogens is 526 g/mol. The van der Waals surface area contributed by atoms with E-state index in [1.54, 1.807) is 13.0 Å². The lowest BCUT2D eigenvalue weighted by Crippen LogP contribution is -2.55. The van der Waals surface area contributed by atoms with Crippen LogP contribution in [0.25, 0.3) is 22.0 Å². The second-order valence-electron chi connectivity index (χ2n) is 10.9. The maximum absolute atomic E-state index is 14.0. The first-order chi connectivity index (χ1) is 20.3. The Hall–Kier alpha value is -4.78. The largest absolute Gasteiger partial charge is 0.449 e. The maximum Gasteiger partial charge on any atom is 0.407 e. The molecular formula is C35H35N3O4. The molecule has 0 unspecified atom stereocenters. The minimum Gasteiger partial charge on any atom is -0.449 e. The van der Waals surface area contributed by atoms with Crippen molar-refractivity contribution in [1.82, 2.24) is 10.3 Å². The smallest absolute Gasteiger partial charge is 0.407 e. The van der Waals surface area contributed by atoms with Gasteiger partial charge in [-0.25, -0.2) is 9.78 Å².